The van der Waals surface area contributed by atoms with Crippen molar-refractivity contribution in [1.82, 2.24) is 0 Å². The van der Waals surface area contributed by atoms with Crippen LogP contribution in [0.2, 0.25) is 0 Å². The van der Waals surface area contributed by atoms with Gasteiger partial charge in [-0.25, -0.2) is 0 Å². The van der Waals surface area contributed by atoms with Gasteiger partial charge >= 0.3 is 0 Å². The van der Waals surface area contributed by atoms with Crippen LogP contribution in [0.5, 0.6) is 17.2 Å². The van der Waals surface area contributed by atoms with Gasteiger partial charge in [-0.05, 0) is 124 Å². The van der Waals surface area contributed by atoms with Crippen LogP contribution < -0.4 is 40.4 Å². The van der Waals surface area contributed by atoms with Crippen LogP contribution in [-0.2, 0) is 11.8 Å². The van der Waals surface area contributed by atoms with Crippen LogP contribution in [0, 0.1) is 6.92 Å². The third-order valence-corrected chi connectivity index (χ3v) is 12.5. The molecule has 7 heteroatoms. The summed E-state index contributed by atoms with van der Waals surface area (Å²) in [5.74, 6) is 3.33. The van der Waals surface area contributed by atoms with Gasteiger partial charge in [-0.2, -0.15) is 0 Å². The second kappa shape index (κ2) is 12.6. The second-order valence-corrected chi connectivity index (χ2v) is 17.3. The molecule has 5 heterocycles. The normalized spacial score (nSPS) is 15.8. The van der Waals surface area contributed by atoms with Crippen molar-refractivity contribution >= 4 is 68.2 Å². The summed E-state index contributed by atoms with van der Waals surface area (Å²) in [4.78, 5) is 4.90. The van der Waals surface area contributed by atoms with Crippen LogP contribution in [0.15, 0.2) is 150 Å². The minimum absolute atomic E-state index is 0.0655. The van der Waals surface area contributed by atoms with E-state index in [-0.39, 0.29) is 25.0 Å². The topological polar surface area (TPSA) is 47.3 Å². The summed E-state index contributed by atoms with van der Waals surface area (Å²) >= 11 is 0. The number of para-hydroxylation sites is 3. The maximum Gasteiger partial charge on any atom is 0.252 e. The summed E-state index contributed by atoms with van der Waals surface area (Å²) in [6.45, 7) is 9.24. The first-order chi connectivity index (χ1) is 28.7. The minimum atomic E-state index is -0.146. The van der Waals surface area contributed by atoms with Crippen LogP contribution >= 0.6 is 0 Å². The molecule has 4 aliphatic rings. The Bertz CT molecular complexity index is 2960. The molecule has 1 atom stereocenters. The van der Waals surface area contributed by atoms with Gasteiger partial charge in [0.15, 0.2) is 11.5 Å². The molecule has 0 saturated heterocycles. The zero-order valence-electron chi connectivity index (χ0n) is 33.5. The predicted molar refractivity (Wildman–Crippen MR) is 239 cm³/mol. The smallest absolute Gasteiger partial charge is 0.252 e. The molecule has 0 amide bonds. The fourth-order valence-electron chi connectivity index (χ4n) is 9.71. The van der Waals surface area contributed by atoms with Crippen molar-refractivity contribution in [3.63, 3.8) is 0 Å². The monoisotopic (exact) mass is 768 g/mol. The highest BCUT2D eigenvalue weighted by Crippen LogP contribution is 2.49. The molecule has 0 saturated carbocycles. The van der Waals surface area contributed by atoms with Gasteiger partial charge in [-0.3, -0.25) is 0 Å². The Hall–Kier alpha value is -6.86. The van der Waals surface area contributed by atoms with E-state index in [1.165, 1.54) is 33.1 Å². The number of anilines is 6. The molecule has 0 bridgehead atoms. The van der Waals surface area contributed by atoms with Crippen LogP contribution in [0.25, 0.3) is 22.3 Å². The summed E-state index contributed by atoms with van der Waals surface area (Å²) in [7, 11) is 0. The quantitative estimate of drug-likeness (QED) is 0.166. The van der Waals surface area contributed by atoms with Gasteiger partial charge in [0.1, 0.15) is 23.2 Å². The molecule has 8 aromatic rings. The lowest BCUT2D eigenvalue weighted by molar-refractivity contribution is 0.174. The van der Waals surface area contributed by atoms with Crippen molar-refractivity contribution < 1.29 is 18.6 Å². The highest BCUT2D eigenvalue weighted by molar-refractivity contribution is 7.00. The fourth-order valence-corrected chi connectivity index (χ4v) is 9.71. The van der Waals surface area contributed by atoms with E-state index < -0.39 is 0 Å². The summed E-state index contributed by atoms with van der Waals surface area (Å²) in [6.07, 6.45) is 0.651. The van der Waals surface area contributed by atoms with Crippen molar-refractivity contribution in [2.45, 2.75) is 45.6 Å². The first-order valence-electron chi connectivity index (χ1n) is 20.5. The zero-order valence-corrected chi connectivity index (χ0v) is 33.5. The SMILES string of the molecule is Cc1cc2c3c(c1)N(c1ccccc1)c1cc4c(cc1B3c1cc(C(C)(C)C)ccc1N2c1cc(-c2cc3ccccc3o2)cc(C2Cc3ccccc3O2)c1)OCO4. The number of benzene rings is 7. The first kappa shape index (κ1) is 34.2. The predicted octanol–water partition coefficient (Wildman–Crippen LogP) is 11.2. The maximum atomic E-state index is 6.72. The number of hydrogen-bond donors (Lipinski definition) is 0. The van der Waals surface area contributed by atoms with E-state index in [9.17, 15) is 0 Å². The number of fused-ring (bicyclic) bond motifs is 7. The van der Waals surface area contributed by atoms with E-state index in [0.29, 0.717) is 0 Å². The average Bonchev–Trinajstić information content (AvgIpc) is 4.01. The molecular weight excluding hydrogens is 727 g/mol. The van der Waals surface area contributed by atoms with Gasteiger partial charge in [0.05, 0.1) is 0 Å². The minimum Gasteiger partial charge on any atom is -0.485 e. The molecule has 4 aliphatic heterocycles. The van der Waals surface area contributed by atoms with Crippen LogP contribution in [0.3, 0.4) is 0 Å². The maximum absolute atomic E-state index is 6.72. The zero-order chi connectivity index (χ0) is 39.6. The fraction of sp³-hybridized carbons (Fsp3) is 0.154. The second-order valence-electron chi connectivity index (χ2n) is 17.3. The summed E-state index contributed by atoms with van der Waals surface area (Å²) in [5, 5.41) is 1.08. The molecule has 286 valence electrons. The summed E-state index contributed by atoms with van der Waals surface area (Å²) < 4.78 is 25.5. The van der Waals surface area contributed by atoms with Crippen LogP contribution in [0.4, 0.5) is 34.1 Å². The Balaban J connectivity index is 1.14. The molecule has 1 unspecified atom stereocenters. The molecule has 59 heavy (non-hydrogen) atoms. The van der Waals surface area contributed by atoms with Gasteiger partial charge in [0.2, 0.25) is 6.79 Å². The number of ether oxygens (including phenoxy) is 3. The molecule has 0 N–H and O–H groups in total. The van der Waals surface area contributed by atoms with Gasteiger partial charge in [-0.15, -0.1) is 0 Å². The van der Waals surface area contributed by atoms with Gasteiger partial charge in [0.25, 0.3) is 6.71 Å². The Labute approximate surface area is 344 Å². The van der Waals surface area contributed by atoms with E-state index in [4.69, 9.17) is 18.6 Å². The lowest BCUT2D eigenvalue weighted by atomic mass is 9.33. The Kier molecular flexibility index (Phi) is 7.29. The van der Waals surface area contributed by atoms with Crippen LogP contribution in [0.1, 0.15) is 49.1 Å². The molecular formula is C52H41BN2O4. The Morgan fingerprint density at radius 1 is 0.610 bits per heavy atom. The lowest BCUT2D eigenvalue weighted by Gasteiger charge is -2.45. The molecule has 12 rings (SSSR count). The van der Waals surface area contributed by atoms with E-state index in [1.807, 2.05) is 12.1 Å². The van der Waals surface area contributed by atoms with Crippen molar-refractivity contribution in [1.29, 1.82) is 0 Å². The van der Waals surface area contributed by atoms with Crippen LogP contribution in [-0.4, -0.2) is 13.5 Å². The van der Waals surface area contributed by atoms with Crippen molar-refractivity contribution in [3.05, 3.63) is 168 Å². The Morgan fingerprint density at radius 2 is 1.34 bits per heavy atom. The highest BCUT2D eigenvalue weighted by Gasteiger charge is 2.45. The van der Waals surface area contributed by atoms with Gasteiger partial charge < -0.3 is 28.4 Å². The van der Waals surface area contributed by atoms with E-state index in [1.54, 1.807) is 0 Å². The highest BCUT2D eigenvalue weighted by atomic mass is 16.7. The standard InChI is InChI=1S/C52H41BN2O4/c1-31-20-43-51-44(21-31)55(38-23-34(47-25-32-12-8-10-16-45(32)58-47)22-35(24-38)48-26-33-13-9-11-17-46(33)59-48)41-19-18-36(52(2,3)4)27-39(41)53(51)40-28-49-50(57-30-56-49)29-42(40)54(43)37-14-6-5-7-15-37/h5-25,27-29,48H,26,30H2,1-4H3. The molecule has 0 aliphatic carbocycles. The third kappa shape index (κ3) is 5.34. The molecule has 0 radical (unpaired) electrons. The first-order valence-corrected chi connectivity index (χ1v) is 20.5. The number of nitrogens with zero attached hydrogens (tertiary/aromatic N) is 2. The van der Waals surface area contributed by atoms with E-state index in [0.717, 1.165) is 85.7 Å². The summed E-state index contributed by atoms with van der Waals surface area (Å²) in [5.41, 5.74) is 17.0. The number of furan rings is 1. The third-order valence-electron chi connectivity index (χ3n) is 12.5. The van der Waals surface area contributed by atoms with Gasteiger partial charge in [0, 0.05) is 57.6 Å². The molecule has 1 aromatic heterocycles. The van der Waals surface area contributed by atoms with Crippen molar-refractivity contribution in [3.8, 4) is 28.6 Å². The van der Waals surface area contributed by atoms with Crippen molar-refractivity contribution in [2.75, 3.05) is 16.6 Å². The van der Waals surface area contributed by atoms with Gasteiger partial charge in [-0.1, -0.05) is 87.5 Å². The van der Waals surface area contributed by atoms with E-state index in [2.05, 4.69) is 171 Å². The van der Waals surface area contributed by atoms with Crippen molar-refractivity contribution in [2.24, 2.45) is 0 Å². The Morgan fingerprint density at radius 3 is 2.14 bits per heavy atom. The number of rotatable bonds is 4. The molecule has 0 fully saturated rings. The molecule has 6 nitrogen and oxygen atoms in total. The molecule has 7 aromatic carbocycles. The summed E-state index contributed by atoms with van der Waals surface area (Å²) in [6, 6.07) is 52.6. The number of hydrogen-bond acceptors (Lipinski definition) is 6. The lowest BCUT2D eigenvalue weighted by Crippen LogP contribution is -2.61. The van der Waals surface area contributed by atoms with E-state index >= 15 is 0 Å². The average molecular weight is 769 g/mol. The molecule has 0 spiro atoms. The number of aryl methyl sites for hydroxylation is 1. The largest absolute Gasteiger partial charge is 0.485 e.